The van der Waals surface area contributed by atoms with Gasteiger partial charge in [0, 0.05) is 4.88 Å². The lowest BCUT2D eigenvalue weighted by molar-refractivity contribution is 0.0947. The van der Waals surface area contributed by atoms with E-state index in [4.69, 9.17) is 0 Å². The van der Waals surface area contributed by atoms with E-state index in [-0.39, 0.29) is 5.56 Å². The van der Waals surface area contributed by atoms with E-state index in [0.29, 0.717) is 12.1 Å². The second kappa shape index (κ2) is 5.27. The molecule has 0 atom stereocenters. The van der Waals surface area contributed by atoms with E-state index in [2.05, 4.69) is 10.3 Å². The summed E-state index contributed by atoms with van der Waals surface area (Å²) >= 11 is 1.47. The average Bonchev–Trinajstić information content (AvgIpc) is 2.75. The van der Waals surface area contributed by atoms with E-state index in [1.165, 1.54) is 17.4 Å². The van der Waals surface area contributed by atoms with Crippen LogP contribution in [0.4, 0.5) is 4.39 Å². The zero-order valence-electron chi connectivity index (χ0n) is 10.2. The molecule has 1 heterocycles. The third kappa shape index (κ3) is 2.56. The van der Waals surface area contributed by atoms with Crippen molar-refractivity contribution < 1.29 is 9.18 Å². The topological polar surface area (TPSA) is 42.0 Å². The summed E-state index contributed by atoms with van der Waals surface area (Å²) < 4.78 is 13.7. The molecule has 1 amide bonds. The van der Waals surface area contributed by atoms with Crippen molar-refractivity contribution >= 4 is 17.2 Å². The minimum atomic E-state index is -0.462. The van der Waals surface area contributed by atoms with Crippen LogP contribution < -0.4 is 5.32 Å². The number of aryl methyl sites for hydroxylation is 2. The van der Waals surface area contributed by atoms with Crippen molar-refractivity contribution in [3.63, 3.8) is 0 Å². The van der Waals surface area contributed by atoms with Gasteiger partial charge in [0.1, 0.15) is 5.82 Å². The van der Waals surface area contributed by atoms with Gasteiger partial charge in [-0.15, -0.1) is 11.3 Å². The monoisotopic (exact) mass is 264 g/mol. The Hall–Kier alpha value is -1.75. The van der Waals surface area contributed by atoms with Gasteiger partial charge in [-0.25, -0.2) is 9.37 Å². The van der Waals surface area contributed by atoms with Gasteiger partial charge in [-0.1, -0.05) is 12.1 Å². The Morgan fingerprint density at radius 3 is 2.89 bits per heavy atom. The molecule has 0 saturated heterocycles. The number of hydrogen-bond donors (Lipinski definition) is 1. The van der Waals surface area contributed by atoms with Gasteiger partial charge in [0.25, 0.3) is 5.91 Å². The van der Waals surface area contributed by atoms with Crippen LogP contribution in [0.25, 0.3) is 0 Å². The predicted octanol–water partition coefficient (Wildman–Crippen LogP) is 2.83. The number of thiazole rings is 1. The molecule has 1 N–H and O–H groups in total. The van der Waals surface area contributed by atoms with Crippen molar-refractivity contribution in [1.29, 1.82) is 0 Å². The maximum atomic E-state index is 13.7. The quantitative estimate of drug-likeness (QED) is 0.926. The lowest BCUT2D eigenvalue weighted by atomic mass is 10.1. The molecule has 0 spiro atoms. The summed E-state index contributed by atoms with van der Waals surface area (Å²) in [6.07, 6.45) is 0. The number of nitrogens with one attached hydrogen (secondary N) is 1. The number of nitrogens with zero attached hydrogens (tertiary/aromatic N) is 1. The molecule has 0 aliphatic carbocycles. The van der Waals surface area contributed by atoms with E-state index in [9.17, 15) is 9.18 Å². The van der Waals surface area contributed by atoms with Crippen molar-refractivity contribution in [3.8, 4) is 0 Å². The molecule has 0 bridgehead atoms. The minimum absolute atomic E-state index is 0.0807. The van der Waals surface area contributed by atoms with Gasteiger partial charge >= 0.3 is 0 Å². The van der Waals surface area contributed by atoms with Crippen LogP contribution in [-0.4, -0.2) is 10.9 Å². The highest BCUT2D eigenvalue weighted by Gasteiger charge is 2.13. The Labute approximate surface area is 109 Å². The summed E-state index contributed by atoms with van der Waals surface area (Å²) in [6, 6.07) is 4.79. The zero-order chi connectivity index (χ0) is 13.1. The van der Waals surface area contributed by atoms with Crippen molar-refractivity contribution in [3.05, 3.63) is 51.2 Å². The second-order valence-corrected chi connectivity index (χ2v) is 4.92. The van der Waals surface area contributed by atoms with Crippen LogP contribution >= 0.6 is 11.3 Å². The number of carbonyl (C=O) groups excluding carboxylic acids is 1. The summed E-state index contributed by atoms with van der Waals surface area (Å²) in [5.41, 5.74) is 3.17. The Morgan fingerprint density at radius 2 is 2.22 bits per heavy atom. The molecule has 3 nitrogen and oxygen atoms in total. The van der Waals surface area contributed by atoms with Gasteiger partial charge in [-0.3, -0.25) is 4.79 Å². The van der Waals surface area contributed by atoms with Gasteiger partial charge < -0.3 is 5.32 Å². The number of amides is 1. The van der Waals surface area contributed by atoms with Crippen LogP contribution in [0, 0.1) is 19.7 Å². The third-order valence-electron chi connectivity index (χ3n) is 2.69. The van der Waals surface area contributed by atoms with Crippen LogP contribution in [0.3, 0.4) is 0 Å². The first-order valence-corrected chi connectivity index (χ1v) is 6.40. The molecule has 0 radical (unpaired) electrons. The molecule has 1 aromatic heterocycles. The highest BCUT2D eigenvalue weighted by Crippen LogP contribution is 2.14. The fraction of sp³-hybridized carbons (Fsp3) is 0.231. The SMILES string of the molecule is Cc1cccc(C(=O)NCc2scnc2C)c1F. The van der Waals surface area contributed by atoms with Gasteiger partial charge in [-0.2, -0.15) is 0 Å². The molecule has 0 unspecified atom stereocenters. The summed E-state index contributed by atoms with van der Waals surface area (Å²) in [4.78, 5) is 16.9. The van der Waals surface area contributed by atoms with E-state index in [1.807, 2.05) is 6.92 Å². The van der Waals surface area contributed by atoms with E-state index in [0.717, 1.165) is 10.6 Å². The Morgan fingerprint density at radius 1 is 1.44 bits per heavy atom. The third-order valence-corrected chi connectivity index (χ3v) is 3.63. The number of halogens is 1. The van der Waals surface area contributed by atoms with Crippen molar-refractivity contribution in [2.45, 2.75) is 20.4 Å². The maximum Gasteiger partial charge on any atom is 0.254 e. The Bertz CT molecular complexity index is 580. The van der Waals surface area contributed by atoms with Crippen LogP contribution in [0.15, 0.2) is 23.7 Å². The fourth-order valence-corrected chi connectivity index (χ4v) is 2.29. The second-order valence-electron chi connectivity index (χ2n) is 3.98. The van der Waals surface area contributed by atoms with Gasteiger partial charge in [0.15, 0.2) is 0 Å². The molecule has 0 aliphatic heterocycles. The fourth-order valence-electron chi connectivity index (χ4n) is 1.57. The van der Waals surface area contributed by atoms with Crippen LogP contribution in [0.5, 0.6) is 0 Å². The van der Waals surface area contributed by atoms with Crippen molar-refractivity contribution in [2.24, 2.45) is 0 Å². The molecular formula is C13H13FN2OS. The highest BCUT2D eigenvalue weighted by atomic mass is 32.1. The van der Waals surface area contributed by atoms with E-state index < -0.39 is 11.7 Å². The smallest absolute Gasteiger partial charge is 0.254 e. The molecule has 94 valence electrons. The number of benzene rings is 1. The molecule has 18 heavy (non-hydrogen) atoms. The summed E-state index contributed by atoms with van der Waals surface area (Å²) in [7, 11) is 0. The van der Waals surface area contributed by atoms with Gasteiger partial charge in [-0.05, 0) is 25.5 Å². The van der Waals surface area contributed by atoms with Crippen molar-refractivity contribution in [2.75, 3.05) is 0 Å². The standard InChI is InChI=1S/C13H13FN2OS/c1-8-4-3-5-10(12(8)14)13(17)15-6-11-9(2)16-7-18-11/h3-5,7H,6H2,1-2H3,(H,15,17). The predicted molar refractivity (Wildman–Crippen MR) is 69.2 cm³/mol. The molecule has 0 aliphatic rings. The summed E-state index contributed by atoms with van der Waals surface area (Å²) in [5, 5.41) is 2.70. The van der Waals surface area contributed by atoms with Crippen molar-refractivity contribution in [1.82, 2.24) is 10.3 Å². The lowest BCUT2D eigenvalue weighted by Crippen LogP contribution is -2.24. The minimum Gasteiger partial charge on any atom is -0.347 e. The first-order valence-electron chi connectivity index (χ1n) is 5.52. The number of carbonyl (C=O) groups is 1. The Balaban J connectivity index is 2.09. The number of rotatable bonds is 3. The van der Waals surface area contributed by atoms with Gasteiger partial charge in [0.05, 0.1) is 23.3 Å². The van der Waals surface area contributed by atoms with E-state index in [1.54, 1.807) is 24.6 Å². The average molecular weight is 264 g/mol. The first-order chi connectivity index (χ1) is 8.59. The van der Waals surface area contributed by atoms with Crippen LogP contribution in [-0.2, 0) is 6.54 Å². The first kappa shape index (κ1) is 12.7. The maximum absolute atomic E-state index is 13.7. The normalized spacial score (nSPS) is 10.4. The summed E-state index contributed by atoms with van der Waals surface area (Å²) in [6.45, 7) is 3.90. The molecule has 2 aromatic rings. The lowest BCUT2D eigenvalue weighted by Gasteiger charge is -2.06. The molecule has 1 aromatic carbocycles. The zero-order valence-corrected chi connectivity index (χ0v) is 11.0. The van der Waals surface area contributed by atoms with E-state index >= 15 is 0 Å². The van der Waals surface area contributed by atoms with Crippen LogP contribution in [0.2, 0.25) is 0 Å². The number of aromatic nitrogens is 1. The Kier molecular flexibility index (Phi) is 3.72. The molecule has 0 fully saturated rings. The largest absolute Gasteiger partial charge is 0.347 e. The number of hydrogen-bond acceptors (Lipinski definition) is 3. The molecule has 0 saturated carbocycles. The molecule has 5 heteroatoms. The molecular weight excluding hydrogens is 251 g/mol. The summed E-state index contributed by atoms with van der Waals surface area (Å²) in [5.74, 6) is -0.861. The molecule has 2 rings (SSSR count). The van der Waals surface area contributed by atoms with Crippen LogP contribution in [0.1, 0.15) is 26.5 Å². The highest BCUT2D eigenvalue weighted by molar-refractivity contribution is 7.09. The van der Waals surface area contributed by atoms with Gasteiger partial charge in [0.2, 0.25) is 0 Å².